The van der Waals surface area contributed by atoms with E-state index in [1.165, 1.54) is 18.5 Å². The molecule has 0 radical (unpaired) electrons. The van der Waals surface area contributed by atoms with Crippen molar-refractivity contribution in [2.45, 2.75) is 19.8 Å². The van der Waals surface area contributed by atoms with Crippen LogP contribution in [0.5, 0.6) is 11.5 Å². The lowest BCUT2D eigenvalue weighted by Gasteiger charge is -2.18. The van der Waals surface area contributed by atoms with E-state index in [1.54, 1.807) is 0 Å². The first kappa shape index (κ1) is 17.6. The standard InChI is InChI=1S/C22H23N5O2/c1-15-12-21(24-17-6-9-19-20(13-17)29-14-28-19)26-22(23-15)25-16-4-7-18(8-5-16)27-10-2-3-11-27/h4-9,12-13H,2-3,10-11,14H2,1H3,(H2,23,24,25,26). The molecule has 5 rings (SSSR count). The molecule has 0 aliphatic carbocycles. The van der Waals surface area contributed by atoms with Gasteiger partial charge < -0.3 is 25.0 Å². The van der Waals surface area contributed by atoms with Crippen LogP contribution in [0.25, 0.3) is 0 Å². The molecule has 1 aromatic heterocycles. The number of aromatic nitrogens is 2. The number of benzene rings is 2. The number of nitrogens with zero attached hydrogens (tertiary/aromatic N) is 3. The van der Waals surface area contributed by atoms with E-state index in [-0.39, 0.29) is 6.79 Å². The lowest BCUT2D eigenvalue weighted by Crippen LogP contribution is -2.17. The molecule has 0 bridgehead atoms. The topological polar surface area (TPSA) is 71.5 Å². The van der Waals surface area contributed by atoms with Crippen molar-refractivity contribution in [1.82, 2.24) is 9.97 Å². The van der Waals surface area contributed by atoms with Crippen LogP contribution in [0, 0.1) is 6.92 Å². The van der Waals surface area contributed by atoms with Crippen LogP contribution in [0.2, 0.25) is 0 Å². The number of hydrogen-bond donors (Lipinski definition) is 2. The third-order valence-corrected chi connectivity index (χ3v) is 5.09. The molecule has 2 N–H and O–H groups in total. The molecule has 2 aromatic carbocycles. The predicted octanol–water partition coefficient (Wildman–Crippen LogP) is 4.60. The summed E-state index contributed by atoms with van der Waals surface area (Å²) in [7, 11) is 0. The normalized spacial score (nSPS) is 14.9. The maximum Gasteiger partial charge on any atom is 0.231 e. The van der Waals surface area contributed by atoms with E-state index < -0.39 is 0 Å². The lowest BCUT2D eigenvalue weighted by molar-refractivity contribution is 0.174. The van der Waals surface area contributed by atoms with E-state index in [4.69, 9.17) is 9.47 Å². The number of anilines is 5. The van der Waals surface area contributed by atoms with Gasteiger partial charge in [-0.15, -0.1) is 0 Å². The van der Waals surface area contributed by atoms with Crippen molar-refractivity contribution < 1.29 is 9.47 Å². The largest absolute Gasteiger partial charge is 0.454 e. The minimum atomic E-state index is 0.260. The fraction of sp³-hybridized carbons (Fsp3) is 0.273. The van der Waals surface area contributed by atoms with Gasteiger partial charge in [0.1, 0.15) is 5.82 Å². The Morgan fingerprint density at radius 1 is 0.828 bits per heavy atom. The zero-order valence-corrected chi connectivity index (χ0v) is 16.3. The maximum atomic E-state index is 5.44. The van der Waals surface area contributed by atoms with E-state index in [0.717, 1.165) is 41.7 Å². The highest BCUT2D eigenvalue weighted by atomic mass is 16.7. The Labute approximate surface area is 169 Å². The van der Waals surface area contributed by atoms with E-state index in [1.807, 2.05) is 31.2 Å². The van der Waals surface area contributed by atoms with E-state index in [0.29, 0.717) is 11.8 Å². The summed E-state index contributed by atoms with van der Waals surface area (Å²) in [6, 6.07) is 16.1. The highest BCUT2D eigenvalue weighted by Crippen LogP contribution is 2.35. The summed E-state index contributed by atoms with van der Waals surface area (Å²) in [6.45, 7) is 4.50. The van der Waals surface area contributed by atoms with E-state index in [2.05, 4.69) is 49.8 Å². The molecule has 0 unspecified atom stereocenters. The minimum absolute atomic E-state index is 0.260. The molecule has 1 fully saturated rings. The summed E-state index contributed by atoms with van der Waals surface area (Å²) in [5, 5.41) is 6.62. The zero-order chi connectivity index (χ0) is 19.6. The van der Waals surface area contributed by atoms with Crippen LogP contribution >= 0.6 is 0 Å². The molecule has 2 aliphatic heterocycles. The number of aryl methyl sites for hydroxylation is 1. The summed E-state index contributed by atoms with van der Waals surface area (Å²) in [4.78, 5) is 11.5. The van der Waals surface area contributed by atoms with E-state index >= 15 is 0 Å². The summed E-state index contributed by atoms with van der Waals surface area (Å²) in [5.74, 6) is 2.76. The van der Waals surface area contributed by atoms with Crippen molar-refractivity contribution in [2.75, 3.05) is 35.4 Å². The van der Waals surface area contributed by atoms with Gasteiger partial charge in [-0.2, -0.15) is 4.98 Å². The summed E-state index contributed by atoms with van der Waals surface area (Å²) in [6.07, 6.45) is 2.55. The second kappa shape index (κ2) is 7.50. The van der Waals surface area contributed by atoms with Crippen LogP contribution in [0.1, 0.15) is 18.5 Å². The molecule has 0 atom stereocenters. The van der Waals surface area contributed by atoms with Gasteiger partial charge in [-0.3, -0.25) is 0 Å². The first-order valence-corrected chi connectivity index (χ1v) is 9.87. The number of nitrogens with one attached hydrogen (secondary N) is 2. The third-order valence-electron chi connectivity index (χ3n) is 5.09. The van der Waals surface area contributed by atoms with Gasteiger partial charge in [-0.1, -0.05) is 0 Å². The van der Waals surface area contributed by atoms with Crippen LogP contribution in [-0.4, -0.2) is 29.9 Å². The fourth-order valence-electron chi connectivity index (χ4n) is 3.67. The van der Waals surface area contributed by atoms with Crippen LogP contribution in [0.4, 0.5) is 28.8 Å². The van der Waals surface area contributed by atoms with Crippen molar-refractivity contribution in [3.8, 4) is 11.5 Å². The van der Waals surface area contributed by atoms with Crippen molar-refractivity contribution in [1.29, 1.82) is 0 Å². The van der Waals surface area contributed by atoms with Crippen LogP contribution in [0.3, 0.4) is 0 Å². The fourth-order valence-corrected chi connectivity index (χ4v) is 3.67. The molecule has 3 heterocycles. The number of rotatable bonds is 5. The lowest BCUT2D eigenvalue weighted by atomic mass is 10.2. The molecular weight excluding hydrogens is 366 g/mol. The van der Waals surface area contributed by atoms with Crippen molar-refractivity contribution in [3.63, 3.8) is 0 Å². The molecule has 148 valence electrons. The Morgan fingerprint density at radius 3 is 2.41 bits per heavy atom. The summed E-state index contributed by atoms with van der Waals surface area (Å²) in [5.41, 5.74) is 3.99. The van der Waals surface area contributed by atoms with Crippen LogP contribution < -0.4 is 25.0 Å². The summed E-state index contributed by atoms with van der Waals surface area (Å²) >= 11 is 0. The van der Waals surface area contributed by atoms with Gasteiger partial charge in [0.25, 0.3) is 0 Å². The molecular formula is C22H23N5O2. The Bertz CT molecular complexity index is 1020. The first-order valence-electron chi connectivity index (χ1n) is 9.87. The number of hydrogen-bond acceptors (Lipinski definition) is 7. The molecule has 0 amide bonds. The Balaban J connectivity index is 1.31. The third kappa shape index (κ3) is 3.89. The van der Waals surface area contributed by atoms with Gasteiger partial charge in [0, 0.05) is 48.0 Å². The zero-order valence-electron chi connectivity index (χ0n) is 16.3. The van der Waals surface area contributed by atoms with Gasteiger partial charge >= 0.3 is 0 Å². The van der Waals surface area contributed by atoms with Gasteiger partial charge in [0.05, 0.1) is 0 Å². The SMILES string of the molecule is Cc1cc(Nc2ccc3c(c2)OCO3)nc(Nc2ccc(N3CCCC3)cc2)n1. The van der Waals surface area contributed by atoms with E-state index in [9.17, 15) is 0 Å². The predicted molar refractivity (Wildman–Crippen MR) is 114 cm³/mol. The van der Waals surface area contributed by atoms with Gasteiger partial charge in [-0.05, 0) is 56.2 Å². The molecule has 2 aliphatic rings. The maximum absolute atomic E-state index is 5.44. The number of fused-ring (bicyclic) bond motifs is 1. The first-order chi connectivity index (χ1) is 14.2. The number of ether oxygens (including phenoxy) is 2. The molecule has 0 spiro atoms. The summed E-state index contributed by atoms with van der Waals surface area (Å²) < 4.78 is 10.8. The molecule has 7 nitrogen and oxygen atoms in total. The highest BCUT2D eigenvalue weighted by Gasteiger charge is 2.14. The molecule has 0 saturated carbocycles. The van der Waals surface area contributed by atoms with Crippen molar-refractivity contribution >= 4 is 28.8 Å². The second-order valence-corrected chi connectivity index (χ2v) is 7.28. The second-order valence-electron chi connectivity index (χ2n) is 7.28. The molecule has 1 saturated heterocycles. The minimum Gasteiger partial charge on any atom is -0.454 e. The Kier molecular flexibility index (Phi) is 4.56. The average Bonchev–Trinajstić information content (AvgIpc) is 3.40. The average molecular weight is 389 g/mol. The van der Waals surface area contributed by atoms with Crippen molar-refractivity contribution in [3.05, 3.63) is 54.2 Å². The Hall–Kier alpha value is -3.48. The highest BCUT2D eigenvalue weighted by molar-refractivity contribution is 5.64. The molecule has 3 aromatic rings. The smallest absolute Gasteiger partial charge is 0.231 e. The van der Waals surface area contributed by atoms with Gasteiger partial charge in [-0.25, -0.2) is 4.98 Å². The van der Waals surface area contributed by atoms with Crippen LogP contribution in [0.15, 0.2) is 48.5 Å². The van der Waals surface area contributed by atoms with Gasteiger partial charge in [0.2, 0.25) is 12.7 Å². The Morgan fingerprint density at radius 2 is 1.59 bits per heavy atom. The quantitative estimate of drug-likeness (QED) is 0.661. The van der Waals surface area contributed by atoms with Gasteiger partial charge in [0.15, 0.2) is 11.5 Å². The molecule has 29 heavy (non-hydrogen) atoms. The monoisotopic (exact) mass is 389 g/mol. The van der Waals surface area contributed by atoms with Crippen LogP contribution in [-0.2, 0) is 0 Å². The molecule has 7 heteroatoms. The van der Waals surface area contributed by atoms with Crippen molar-refractivity contribution in [2.24, 2.45) is 0 Å².